The van der Waals surface area contributed by atoms with E-state index in [1.165, 1.54) is 10.5 Å². The van der Waals surface area contributed by atoms with Crippen molar-refractivity contribution in [1.82, 2.24) is 9.97 Å². The second-order valence-corrected chi connectivity index (χ2v) is 22.6. The number of hydrogen-bond acceptors (Lipinski definition) is 3. The van der Waals surface area contributed by atoms with Gasteiger partial charge < -0.3 is 9.40 Å². The van der Waals surface area contributed by atoms with Gasteiger partial charge in [0.15, 0.2) is 0 Å². The molecule has 0 spiro atoms. The normalized spacial score (nSPS) is 14.9. The molecule has 3 heterocycles. The second-order valence-electron chi connectivity index (χ2n) is 12.1. The first-order valence-corrected chi connectivity index (χ1v) is 21.8. The first-order valence-electron chi connectivity index (χ1n) is 18.5. The molecule has 3 aromatic heterocycles. The van der Waals surface area contributed by atoms with Crippen molar-refractivity contribution in [2.45, 2.75) is 50.7 Å². The number of aryl methyl sites for hydroxylation is 1. The summed E-state index contributed by atoms with van der Waals surface area (Å²) in [6, 6.07) is 32.8. The Morgan fingerprint density at radius 3 is 2.27 bits per heavy atom. The van der Waals surface area contributed by atoms with E-state index in [1.54, 1.807) is 6.07 Å². The van der Waals surface area contributed by atoms with Gasteiger partial charge in [0.2, 0.25) is 0 Å². The van der Waals surface area contributed by atoms with Crippen LogP contribution < -0.4 is 4.40 Å². The first kappa shape index (κ1) is 23.7. The van der Waals surface area contributed by atoms with Crippen LogP contribution in [0.4, 0.5) is 0 Å². The number of furan rings is 1. The molecule has 0 saturated carbocycles. The molecule has 0 aliphatic heterocycles. The molecule has 0 aliphatic carbocycles. The molecule has 45 heavy (non-hydrogen) atoms. The minimum Gasteiger partial charge on any atom is -0.501 e. The third-order valence-electron chi connectivity index (χ3n) is 7.63. The molecule has 7 aromatic rings. The van der Waals surface area contributed by atoms with Crippen LogP contribution in [0.25, 0.3) is 55.2 Å². The van der Waals surface area contributed by atoms with Crippen molar-refractivity contribution in [1.29, 1.82) is 0 Å². The van der Waals surface area contributed by atoms with Crippen LogP contribution in [0.2, 0.25) is 17.3 Å². The van der Waals surface area contributed by atoms with Crippen molar-refractivity contribution in [3.63, 3.8) is 0 Å². The molecule has 5 heteroatoms. The Morgan fingerprint density at radius 1 is 0.822 bits per heavy atom. The summed E-state index contributed by atoms with van der Waals surface area (Å²) in [6.45, 7) is -1.59. The van der Waals surface area contributed by atoms with Crippen LogP contribution in [-0.4, -0.2) is 23.2 Å². The van der Waals surface area contributed by atoms with Crippen molar-refractivity contribution in [2.75, 3.05) is 0 Å². The number of nitrogens with zero attached hydrogens (tertiary/aromatic N) is 2. The molecule has 0 N–H and O–H groups in total. The van der Waals surface area contributed by atoms with E-state index in [1.807, 2.05) is 86.8 Å². The zero-order chi connectivity index (χ0) is 37.8. The average molecular weight is 836 g/mol. The van der Waals surface area contributed by atoms with Crippen LogP contribution in [0.15, 0.2) is 102 Å². The third kappa shape index (κ3) is 6.84. The molecule has 0 atom stereocenters. The van der Waals surface area contributed by atoms with Crippen molar-refractivity contribution < 1.29 is 35.5 Å². The molecule has 1 radical (unpaired) electrons. The molecule has 0 fully saturated rings. The monoisotopic (exact) mass is 837 g/mol. The number of aromatic nitrogens is 2. The number of rotatable bonds is 4. The van der Waals surface area contributed by atoms with Gasteiger partial charge in [-0.3, -0.25) is 0 Å². The van der Waals surface area contributed by atoms with E-state index in [2.05, 4.69) is 45.4 Å². The van der Waals surface area contributed by atoms with Crippen molar-refractivity contribution in [3.05, 3.63) is 126 Å². The van der Waals surface area contributed by atoms with Crippen molar-refractivity contribution >= 4 is 50.4 Å². The summed E-state index contributed by atoms with van der Waals surface area (Å²) >= 11 is -2.03. The van der Waals surface area contributed by atoms with Crippen LogP contribution in [-0.2, 0) is 20.1 Å². The van der Waals surface area contributed by atoms with Crippen LogP contribution in [0.5, 0.6) is 0 Å². The molecule has 0 amide bonds. The second kappa shape index (κ2) is 13.4. The molecule has 7 rings (SSSR count). The molecule has 0 saturated heterocycles. The molecule has 4 aromatic carbocycles. The Balaban J connectivity index is 0.000000223. The molecular formula is C40H38GeIrN2O-2. The fourth-order valence-electron chi connectivity index (χ4n) is 5.33. The molecule has 0 aliphatic rings. The minimum atomic E-state index is -2.78. The van der Waals surface area contributed by atoms with E-state index in [0.717, 1.165) is 38.4 Å². The number of fused-ring (bicyclic) bond motifs is 4. The fraction of sp³-hybridized carbons (Fsp3) is 0.200. The van der Waals surface area contributed by atoms with Crippen LogP contribution in [0.1, 0.15) is 47.4 Å². The zero-order valence-corrected chi connectivity index (χ0v) is 30.3. The Morgan fingerprint density at radius 2 is 1.58 bits per heavy atom. The Kier molecular flexibility index (Phi) is 7.08. The van der Waals surface area contributed by atoms with Gasteiger partial charge in [-0.05, 0) is 47.9 Å². The standard InChI is InChI=1S/C23H16NO.C17H22GeN.Ir/c1-14-10-21(24-13-15(14)2)19-9-5-8-18-20-11-16-6-3-4-7-17(16)12-22(20)25-23(18)19;1-13(2)15-11-17(14-9-7-6-8-10-14)19-12-16(15)18(3,4)5;/h3-8,10-13H,1-2H3;6-9,11-13H,1-5H3;/q2*-1;/i1D3,2D3,13D;13D;. The maximum atomic E-state index is 8.44. The summed E-state index contributed by atoms with van der Waals surface area (Å²) in [5.41, 5.74) is 3.64. The molecule has 0 unspecified atom stereocenters. The Bertz CT molecular complexity index is 2430. The Labute approximate surface area is 294 Å². The SMILES string of the molecule is [2H]C(C)(C)c1cc(-c2[c-]cccc2)nc[c]1[Ge]([CH3])([CH3])[CH3].[2H]c1nc(-c2[c-]ccc3c2oc2cc4ccccc4cc23)cc(C([2H])([2H])[2H])c1C([2H])([2H])[2H].[Ir]. The maximum absolute atomic E-state index is 8.44. The minimum absolute atomic E-state index is 0. The fourth-order valence-corrected chi connectivity index (χ4v) is 8.65. The van der Waals surface area contributed by atoms with Gasteiger partial charge in [-0.1, -0.05) is 46.8 Å². The van der Waals surface area contributed by atoms with Gasteiger partial charge in [0.25, 0.3) is 0 Å². The van der Waals surface area contributed by atoms with Gasteiger partial charge in [0, 0.05) is 39.9 Å². The predicted octanol–water partition coefficient (Wildman–Crippen LogP) is 10.4. The van der Waals surface area contributed by atoms with Crippen molar-refractivity contribution in [2.24, 2.45) is 0 Å². The zero-order valence-electron chi connectivity index (χ0n) is 33.8. The van der Waals surface area contributed by atoms with Gasteiger partial charge in [0.1, 0.15) is 5.58 Å². The van der Waals surface area contributed by atoms with E-state index in [0.29, 0.717) is 16.7 Å². The maximum Gasteiger partial charge on any atom is 0.121 e. The van der Waals surface area contributed by atoms with Crippen molar-refractivity contribution in [3.8, 4) is 22.5 Å². The largest absolute Gasteiger partial charge is 0.501 e. The summed E-state index contributed by atoms with van der Waals surface area (Å²) in [4.78, 5) is 8.75. The van der Waals surface area contributed by atoms with E-state index in [-0.39, 0.29) is 25.8 Å². The van der Waals surface area contributed by atoms with Crippen LogP contribution in [0, 0.1) is 25.8 Å². The molecule has 3 nitrogen and oxygen atoms in total. The topological polar surface area (TPSA) is 38.9 Å². The quantitative estimate of drug-likeness (QED) is 0.131. The third-order valence-corrected chi connectivity index (χ3v) is 11.9. The van der Waals surface area contributed by atoms with Gasteiger partial charge in [-0.15, -0.1) is 18.2 Å². The summed E-state index contributed by atoms with van der Waals surface area (Å²) in [7, 11) is 0. The molecule has 0 bridgehead atoms. The number of pyridine rings is 2. The summed E-state index contributed by atoms with van der Waals surface area (Å²) in [5, 5.41) is 3.75. The summed E-state index contributed by atoms with van der Waals surface area (Å²) in [6.07, 6.45) is 1.41. The van der Waals surface area contributed by atoms with Crippen LogP contribution >= 0.6 is 0 Å². The van der Waals surface area contributed by atoms with Gasteiger partial charge in [-0.2, -0.15) is 0 Å². The molecule has 229 valence electrons. The molecular weight excluding hydrogens is 789 g/mol. The summed E-state index contributed by atoms with van der Waals surface area (Å²) in [5.74, 6) is 6.45. The summed E-state index contributed by atoms with van der Waals surface area (Å²) < 4.78 is 70.6. The van der Waals surface area contributed by atoms with Crippen LogP contribution in [0.3, 0.4) is 0 Å². The van der Waals surface area contributed by atoms with E-state index in [4.69, 9.17) is 15.4 Å². The first-order chi connectivity index (χ1) is 24.2. The Hall–Kier alpha value is -3.57. The number of benzene rings is 4. The smallest absolute Gasteiger partial charge is 0.121 e. The predicted molar refractivity (Wildman–Crippen MR) is 188 cm³/mol. The average Bonchev–Trinajstić information content (AvgIpc) is 3.43. The van der Waals surface area contributed by atoms with E-state index < -0.39 is 50.2 Å². The van der Waals surface area contributed by atoms with E-state index >= 15 is 0 Å². The number of hydrogen-bond donors (Lipinski definition) is 0. The van der Waals surface area contributed by atoms with E-state index in [9.17, 15) is 0 Å². The van der Waals surface area contributed by atoms with Gasteiger partial charge >= 0.3 is 120 Å². The van der Waals surface area contributed by atoms with Gasteiger partial charge in [-0.25, -0.2) is 0 Å². The van der Waals surface area contributed by atoms with Gasteiger partial charge in [0.05, 0.1) is 6.95 Å².